The molecule has 2 aromatic rings. The summed E-state index contributed by atoms with van der Waals surface area (Å²) in [4.78, 5) is 0. The van der Waals surface area contributed by atoms with Crippen molar-refractivity contribution < 1.29 is 24.1 Å². The van der Waals surface area contributed by atoms with Crippen LogP contribution in [-0.2, 0) is 4.74 Å². The number of nitrogens with one attached hydrogen (secondary N) is 1. The van der Waals surface area contributed by atoms with Gasteiger partial charge in [0.2, 0.25) is 0 Å². The Bertz CT molecular complexity index is 752. The van der Waals surface area contributed by atoms with Crippen molar-refractivity contribution in [3.63, 3.8) is 0 Å². The Labute approximate surface area is 189 Å². The predicted molar refractivity (Wildman–Crippen MR) is 121 cm³/mol. The van der Waals surface area contributed by atoms with Gasteiger partial charge >= 0.3 is 0 Å². The van der Waals surface area contributed by atoms with Crippen LogP contribution in [0.1, 0.15) is 25.7 Å². The summed E-state index contributed by atoms with van der Waals surface area (Å²) in [6, 6.07) is 14.7. The zero-order valence-electron chi connectivity index (χ0n) is 17.8. The van der Waals surface area contributed by atoms with Crippen molar-refractivity contribution in [1.29, 1.82) is 0 Å². The van der Waals surface area contributed by atoms with Crippen LogP contribution in [0.2, 0.25) is 5.02 Å². The molecule has 6 nitrogen and oxygen atoms in total. The quantitative estimate of drug-likeness (QED) is 0.423. The van der Waals surface area contributed by atoms with E-state index in [2.05, 4.69) is 5.32 Å². The number of hydrogen-bond donors (Lipinski definition) is 2. The summed E-state index contributed by atoms with van der Waals surface area (Å²) in [7, 11) is 0. The molecule has 7 heteroatoms. The van der Waals surface area contributed by atoms with Gasteiger partial charge in [-0.3, -0.25) is 0 Å². The largest absolute Gasteiger partial charge is 0.492 e. The summed E-state index contributed by atoms with van der Waals surface area (Å²) in [5.41, 5.74) is 0. The summed E-state index contributed by atoms with van der Waals surface area (Å²) >= 11 is 5.92. The molecule has 2 N–H and O–H groups in total. The molecule has 0 aliphatic heterocycles. The molecule has 170 valence electrons. The zero-order chi connectivity index (χ0) is 21.7. The SMILES string of the molecule is OC(CNCCOc1cccc(Cl)c1)COc1ccc(OCCOC2CCCC2)cc1. The monoisotopic (exact) mass is 449 g/mol. The molecule has 0 saturated heterocycles. The lowest BCUT2D eigenvalue weighted by Gasteiger charge is -2.14. The van der Waals surface area contributed by atoms with Gasteiger partial charge in [-0.2, -0.15) is 0 Å². The first-order valence-corrected chi connectivity index (χ1v) is 11.3. The van der Waals surface area contributed by atoms with E-state index in [9.17, 15) is 5.11 Å². The van der Waals surface area contributed by atoms with Gasteiger partial charge in [-0.15, -0.1) is 0 Å². The molecule has 1 aliphatic rings. The maximum Gasteiger partial charge on any atom is 0.120 e. The standard InChI is InChI=1S/C24H32ClNO5/c25-19-4-3-7-24(16-19)28-13-12-26-17-20(27)18-31-23-10-8-22(9-11-23)30-15-14-29-21-5-1-2-6-21/h3-4,7-11,16,20-21,26-27H,1-2,5-6,12-15,17-18H2. The van der Waals surface area contributed by atoms with Crippen LogP contribution in [0.4, 0.5) is 0 Å². The van der Waals surface area contributed by atoms with Crippen molar-refractivity contribution >= 4 is 11.6 Å². The molecular weight excluding hydrogens is 418 g/mol. The number of aliphatic hydroxyl groups is 1. The van der Waals surface area contributed by atoms with E-state index in [0.29, 0.717) is 49.8 Å². The molecule has 1 aliphatic carbocycles. The minimum Gasteiger partial charge on any atom is -0.492 e. The topological polar surface area (TPSA) is 69.2 Å². The summed E-state index contributed by atoms with van der Waals surface area (Å²) in [6.45, 7) is 2.88. The Morgan fingerprint density at radius 2 is 1.61 bits per heavy atom. The van der Waals surface area contributed by atoms with Crippen molar-refractivity contribution in [2.45, 2.75) is 37.9 Å². The fraction of sp³-hybridized carbons (Fsp3) is 0.500. The van der Waals surface area contributed by atoms with Gasteiger partial charge in [0.05, 0.1) is 12.7 Å². The molecule has 0 spiro atoms. The fourth-order valence-corrected chi connectivity index (χ4v) is 3.56. The second-order valence-corrected chi connectivity index (χ2v) is 8.01. The van der Waals surface area contributed by atoms with E-state index >= 15 is 0 Å². The number of aliphatic hydroxyl groups excluding tert-OH is 1. The highest BCUT2D eigenvalue weighted by Crippen LogP contribution is 2.21. The van der Waals surface area contributed by atoms with Crippen LogP contribution in [0.3, 0.4) is 0 Å². The average Bonchev–Trinajstić information content (AvgIpc) is 3.29. The van der Waals surface area contributed by atoms with Crippen LogP contribution in [0, 0.1) is 0 Å². The predicted octanol–water partition coefficient (Wildman–Crippen LogP) is 4.09. The molecule has 3 rings (SSSR count). The smallest absolute Gasteiger partial charge is 0.120 e. The number of benzene rings is 2. The van der Waals surface area contributed by atoms with Gasteiger partial charge in [0, 0.05) is 18.1 Å². The number of ether oxygens (including phenoxy) is 4. The minimum atomic E-state index is -0.616. The van der Waals surface area contributed by atoms with E-state index in [-0.39, 0.29) is 6.61 Å². The maximum absolute atomic E-state index is 10.1. The Balaban J connectivity index is 1.22. The second-order valence-electron chi connectivity index (χ2n) is 7.57. The Morgan fingerprint density at radius 1 is 0.903 bits per heavy atom. The molecule has 31 heavy (non-hydrogen) atoms. The summed E-state index contributed by atoms with van der Waals surface area (Å²) in [5.74, 6) is 2.20. The van der Waals surface area contributed by atoms with Crippen molar-refractivity contribution in [1.82, 2.24) is 5.32 Å². The fourth-order valence-electron chi connectivity index (χ4n) is 3.38. The molecular formula is C24H32ClNO5. The van der Waals surface area contributed by atoms with Gasteiger partial charge in [-0.05, 0) is 55.3 Å². The molecule has 0 bridgehead atoms. The van der Waals surface area contributed by atoms with Gasteiger partial charge in [0.25, 0.3) is 0 Å². The van der Waals surface area contributed by atoms with Gasteiger partial charge in [-0.25, -0.2) is 0 Å². The number of rotatable bonds is 14. The lowest BCUT2D eigenvalue weighted by atomic mass is 10.3. The lowest BCUT2D eigenvalue weighted by molar-refractivity contribution is 0.0382. The second kappa shape index (κ2) is 13.4. The highest BCUT2D eigenvalue weighted by Gasteiger charge is 2.14. The Kier molecular flexibility index (Phi) is 10.3. The van der Waals surface area contributed by atoms with E-state index in [1.165, 1.54) is 25.7 Å². The molecule has 1 saturated carbocycles. The molecule has 0 radical (unpaired) electrons. The summed E-state index contributed by atoms with van der Waals surface area (Å²) in [6.07, 6.45) is 4.69. The lowest BCUT2D eigenvalue weighted by Crippen LogP contribution is -2.33. The third-order valence-corrected chi connectivity index (χ3v) is 5.23. The third kappa shape index (κ3) is 9.35. The van der Waals surface area contributed by atoms with Crippen LogP contribution in [-0.4, -0.2) is 56.8 Å². The van der Waals surface area contributed by atoms with E-state index in [1.54, 1.807) is 12.1 Å². The normalized spacial score (nSPS) is 15.0. The van der Waals surface area contributed by atoms with Crippen molar-refractivity contribution in [3.8, 4) is 17.2 Å². The summed E-state index contributed by atoms with van der Waals surface area (Å²) in [5, 5.41) is 13.9. The highest BCUT2D eigenvalue weighted by atomic mass is 35.5. The number of hydrogen-bond acceptors (Lipinski definition) is 6. The molecule has 1 unspecified atom stereocenters. The maximum atomic E-state index is 10.1. The van der Waals surface area contributed by atoms with Crippen LogP contribution < -0.4 is 19.5 Å². The molecule has 0 heterocycles. The van der Waals surface area contributed by atoms with Gasteiger partial charge < -0.3 is 29.4 Å². The first kappa shape index (κ1) is 23.7. The Morgan fingerprint density at radius 3 is 2.35 bits per heavy atom. The molecule has 0 amide bonds. The van der Waals surface area contributed by atoms with Crippen LogP contribution in [0.5, 0.6) is 17.2 Å². The van der Waals surface area contributed by atoms with E-state index in [1.807, 2.05) is 36.4 Å². The van der Waals surface area contributed by atoms with Gasteiger partial charge in [0.15, 0.2) is 0 Å². The third-order valence-electron chi connectivity index (χ3n) is 5.00. The van der Waals surface area contributed by atoms with Crippen molar-refractivity contribution in [3.05, 3.63) is 53.6 Å². The van der Waals surface area contributed by atoms with Crippen LogP contribution >= 0.6 is 11.6 Å². The molecule has 1 fully saturated rings. The first-order valence-electron chi connectivity index (χ1n) is 10.9. The van der Waals surface area contributed by atoms with Crippen LogP contribution in [0.25, 0.3) is 0 Å². The van der Waals surface area contributed by atoms with E-state index in [4.69, 9.17) is 30.5 Å². The highest BCUT2D eigenvalue weighted by molar-refractivity contribution is 6.30. The van der Waals surface area contributed by atoms with Crippen LogP contribution in [0.15, 0.2) is 48.5 Å². The van der Waals surface area contributed by atoms with E-state index in [0.717, 1.165) is 11.5 Å². The Hall–Kier alpha value is -1.99. The summed E-state index contributed by atoms with van der Waals surface area (Å²) < 4.78 is 22.7. The first-order chi connectivity index (χ1) is 15.2. The average molecular weight is 450 g/mol. The molecule has 1 atom stereocenters. The van der Waals surface area contributed by atoms with Gasteiger partial charge in [-0.1, -0.05) is 30.5 Å². The zero-order valence-corrected chi connectivity index (χ0v) is 18.6. The van der Waals surface area contributed by atoms with Crippen molar-refractivity contribution in [2.75, 3.05) is 39.5 Å². The number of halogens is 1. The molecule has 0 aromatic heterocycles. The van der Waals surface area contributed by atoms with E-state index < -0.39 is 6.10 Å². The van der Waals surface area contributed by atoms with Crippen molar-refractivity contribution in [2.24, 2.45) is 0 Å². The molecule has 2 aromatic carbocycles. The minimum absolute atomic E-state index is 0.206. The van der Waals surface area contributed by atoms with Gasteiger partial charge in [0.1, 0.15) is 43.2 Å².